The van der Waals surface area contributed by atoms with Crippen LogP contribution in [0.15, 0.2) is 0 Å². The van der Waals surface area contributed by atoms with Gasteiger partial charge in [0.05, 0.1) is 0 Å². The molecule has 1 fully saturated rings. The lowest BCUT2D eigenvalue weighted by atomic mass is 11.8. The minimum absolute atomic E-state index is 0.745. The largest absolute Gasteiger partial charge is 0.416 e. The Morgan fingerprint density at radius 2 is 0.941 bits per heavy atom. The lowest BCUT2D eigenvalue weighted by molar-refractivity contribution is 0.237. The Morgan fingerprint density at radius 3 is 1.24 bits per heavy atom. The van der Waals surface area contributed by atoms with E-state index < -0.39 is 34.2 Å². The van der Waals surface area contributed by atoms with Crippen LogP contribution >= 0.6 is 0 Å². The molecule has 0 aliphatic carbocycles. The Balaban J connectivity index is 3.02. The van der Waals surface area contributed by atoms with Crippen LogP contribution in [0.25, 0.3) is 0 Å². The van der Waals surface area contributed by atoms with Gasteiger partial charge < -0.3 is 16.5 Å². The van der Waals surface area contributed by atoms with Crippen LogP contribution in [0.5, 0.6) is 0 Å². The summed E-state index contributed by atoms with van der Waals surface area (Å²) >= 11 is 0. The minimum Gasteiger partial charge on any atom is -0.416 e. The van der Waals surface area contributed by atoms with Gasteiger partial charge in [0.1, 0.15) is 0 Å². The second-order valence-electron chi connectivity index (χ2n) is 5.92. The molecule has 1 rings (SSSR count). The maximum atomic E-state index is 6.26. The highest BCUT2D eigenvalue weighted by molar-refractivity contribution is 6.94. The summed E-state index contributed by atoms with van der Waals surface area (Å²) in [6.45, 7) is 14.5. The summed E-state index contributed by atoms with van der Waals surface area (Å²) < 4.78 is 24.9. The van der Waals surface area contributed by atoms with Gasteiger partial charge in [0.2, 0.25) is 0 Å². The van der Waals surface area contributed by atoms with Crippen molar-refractivity contribution in [3.05, 3.63) is 0 Å². The molecule has 0 saturated carbocycles. The van der Waals surface area contributed by atoms with Crippen molar-refractivity contribution in [1.29, 1.82) is 0 Å². The zero-order valence-electron chi connectivity index (χ0n) is 11.8. The van der Waals surface area contributed by atoms with Crippen LogP contribution in [0.4, 0.5) is 0 Å². The van der Waals surface area contributed by atoms with E-state index in [2.05, 4.69) is 56.1 Å². The standard InChI is InChI=1S/C8H23O4Si5/c1-14(2)9-15(3,4)11-17(7,8-13)12-16(5,6)10-14/h8H2,1-7H3. The van der Waals surface area contributed by atoms with Crippen LogP contribution in [0.3, 0.4) is 0 Å². The molecule has 99 valence electrons. The van der Waals surface area contributed by atoms with Crippen molar-refractivity contribution in [1.82, 2.24) is 0 Å². The first-order valence-corrected chi connectivity index (χ1v) is 17.5. The number of rotatable bonds is 1. The van der Waals surface area contributed by atoms with Gasteiger partial charge in [0.25, 0.3) is 0 Å². The predicted molar refractivity (Wildman–Crippen MR) is 79.0 cm³/mol. The molecule has 0 aromatic rings. The average Bonchev–Trinajstić information content (AvgIpc) is 1.93. The summed E-state index contributed by atoms with van der Waals surface area (Å²) in [7, 11) is -5.12. The van der Waals surface area contributed by atoms with E-state index in [1.54, 1.807) is 0 Å². The summed E-state index contributed by atoms with van der Waals surface area (Å²) in [5, 5.41) is 0. The van der Waals surface area contributed by atoms with Crippen molar-refractivity contribution in [2.24, 2.45) is 0 Å². The highest BCUT2D eigenvalue weighted by atomic mass is 28.5. The molecule has 0 atom stereocenters. The van der Waals surface area contributed by atoms with Crippen LogP contribution in [0.1, 0.15) is 0 Å². The zero-order valence-corrected chi connectivity index (χ0v) is 16.8. The molecule has 0 aromatic heterocycles. The molecule has 0 amide bonds. The monoisotopic (exact) mass is 323 g/mol. The van der Waals surface area contributed by atoms with E-state index in [0.29, 0.717) is 0 Å². The highest BCUT2D eigenvalue weighted by Crippen LogP contribution is 2.31. The third-order valence-electron chi connectivity index (χ3n) is 2.23. The van der Waals surface area contributed by atoms with Crippen molar-refractivity contribution >= 4 is 44.5 Å². The lowest BCUT2D eigenvalue weighted by Crippen LogP contribution is -2.65. The van der Waals surface area contributed by atoms with E-state index in [4.69, 9.17) is 16.5 Å². The molecule has 9 heteroatoms. The van der Waals surface area contributed by atoms with Gasteiger partial charge in [-0.3, -0.25) is 0 Å². The van der Waals surface area contributed by atoms with Crippen LogP contribution in [0, 0.1) is 0 Å². The molecule has 1 heterocycles. The van der Waals surface area contributed by atoms with Crippen LogP contribution in [0.2, 0.25) is 51.5 Å². The fraction of sp³-hybridized carbons (Fsp3) is 1.00. The molecule has 1 saturated heterocycles. The maximum Gasteiger partial charge on any atom is 0.314 e. The van der Waals surface area contributed by atoms with E-state index in [0.717, 1.165) is 5.67 Å². The molecule has 0 N–H and O–H groups in total. The summed E-state index contributed by atoms with van der Waals surface area (Å²) in [5.74, 6) is 0. The Hall–Kier alpha value is 0.924. The molecule has 3 radical (unpaired) electrons. The minimum atomic E-state index is -2.22. The lowest BCUT2D eigenvalue weighted by Gasteiger charge is -2.47. The second-order valence-corrected chi connectivity index (χ2v) is 21.3. The fourth-order valence-corrected chi connectivity index (χ4v) is 24.2. The molecular formula is C8H23O4Si5. The SMILES string of the molecule is C[Si]1(C)O[Si](C)(C)O[Si](C)(C[Si])O[Si](C)(C)O1. The number of hydrogen-bond donors (Lipinski definition) is 0. The molecule has 4 nitrogen and oxygen atoms in total. The van der Waals surface area contributed by atoms with Crippen molar-refractivity contribution in [3.8, 4) is 0 Å². The first-order valence-electron chi connectivity index (χ1n) is 5.84. The van der Waals surface area contributed by atoms with Gasteiger partial charge in [-0.15, -0.1) is 0 Å². The predicted octanol–water partition coefficient (Wildman–Crippen LogP) is 2.37. The van der Waals surface area contributed by atoms with Crippen molar-refractivity contribution in [3.63, 3.8) is 0 Å². The summed E-state index contributed by atoms with van der Waals surface area (Å²) in [6.07, 6.45) is 0. The molecular weight excluding hydrogens is 301 g/mol. The van der Waals surface area contributed by atoms with Crippen molar-refractivity contribution in [2.45, 2.75) is 51.5 Å². The first-order chi connectivity index (χ1) is 7.39. The van der Waals surface area contributed by atoms with Gasteiger partial charge in [0, 0.05) is 10.2 Å². The van der Waals surface area contributed by atoms with Gasteiger partial charge in [-0.05, 0) is 51.5 Å². The summed E-state index contributed by atoms with van der Waals surface area (Å²) in [4.78, 5) is 0. The van der Waals surface area contributed by atoms with Crippen LogP contribution in [-0.4, -0.2) is 44.5 Å². The van der Waals surface area contributed by atoms with Gasteiger partial charge >= 0.3 is 34.2 Å². The van der Waals surface area contributed by atoms with E-state index in [1.165, 1.54) is 0 Å². The molecule has 0 aromatic carbocycles. The quantitative estimate of drug-likeness (QED) is 0.694. The summed E-state index contributed by atoms with van der Waals surface area (Å²) in [6, 6.07) is 0. The third kappa shape index (κ3) is 4.83. The average molecular weight is 324 g/mol. The number of hydrogen-bond acceptors (Lipinski definition) is 4. The van der Waals surface area contributed by atoms with Gasteiger partial charge in [0.15, 0.2) is 0 Å². The Kier molecular flexibility index (Phi) is 4.51. The Labute approximate surface area is 112 Å². The smallest absolute Gasteiger partial charge is 0.314 e. The van der Waals surface area contributed by atoms with E-state index in [1.807, 2.05) is 0 Å². The molecule has 0 bridgehead atoms. The molecule has 17 heavy (non-hydrogen) atoms. The molecule has 0 unspecified atom stereocenters. The second kappa shape index (κ2) is 4.79. The van der Waals surface area contributed by atoms with Crippen molar-refractivity contribution in [2.75, 3.05) is 0 Å². The highest BCUT2D eigenvalue weighted by Gasteiger charge is 2.51. The van der Waals surface area contributed by atoms with Crippen LogP contribution < -0.4 is 0 Å². The van der Waals surface area contributed by atoms with Crippen LogP contribution in [-0.2, 0) is 16.5 Å². The fourth-order valence-electron chi connectivity index (χ4n) is 2.38. The van der Waals surface area contributed by atoms with Crippen molar-refractivity contribution < 1.29 is 16.5 Å². The molecule has 1 aliphatic rings. The third-order valence-corrected chi connectivity index (χ3v) is 20.0. The molecule has 1 aliphatic heterocycles. The Bertz CT molecular complexity index is 272. The topological polar surface area (TPSA) is 36.9 Å². The molecule has 0 spiro atoms. The Morgan fingerprint density at radius 1 is 0.647 bits per heavy atom. The van der Waals surface area contributed by atoms with E-state index in [9.17, 15) is 0 Å². The van der Waals surface area contributed by atoms with Gasteiger partial charge in [-0.2, -0.15) is 0 Å². The van der Waals surface area contributed by atoms with E-state index in [-0.39, 0.29) is 0 Å². The van der Waals surface area contributed by atoms with E-state index >= 15 is 0 Å². The normalized spacial score (nSPS) is 30.4. The van der Waals surface area contributed by atoms with Gasteiger partial charge in [-0.1, -0.05) is 0 Å². The first kappa shape index (κ1) is 16.0. The summed E-state index contributed by atoms with van der Waals surface area (Å²) in [5.41, 5.74) is 0.745. The maximum absolute atomic E-state index is 6.26. The van der Waals surface area contributed by atoms with Gasteiger partial charge in [-0.25, -0.2) is 0 Å². The zero-order chi connectivity index (χ0) is 13.5.